The van der Waals surface area contributed by atoms with Gasteiger partial charge in [0.05, 0.1) is 22.7 Å². The molecule has 0 saturated carbocycles. The standard InChI is InChI=1S/C23H25N3O7S3/c1-2-31-20(27)14-26-16-11-17-18(33-9-8-32-17)12-19(16)35-23(26)24-22(28)15-5-3-7-25(13-15)36(29,30)21-6-4-10-34-21/h4,6,10-12,15H,2-3,5,7-9,13-14H2,1H3. The van der Waals surface area contributed by atoms with Crippen LogP contribution in [0.25, 0.3) is 10.2 Å². The van der Waals surface area contributed by atoms with Gasteiger partial charge in [-0.15, -0.1) is 11.3 Å². The summed E-state index contributed by atoms with van der Waals surface area (Å²) < 4.78 is 46.5. The summed E-state index contributed by atoms with van der Waals surface area (Å²) in [7, 11) is -3.65. The van der Waals surface area contributed by atoms with Gasteiger partial charge >= 0.3 is 5.97 Å². The van der Waals surface area contributed by atoms with Crippen molar-refractivity contribution in [3.63, 3.8) is 0 Å². The molecule has 192 valence electrons. The fourth-order valence-electron chi connectivity index (χ4n) is 4.27. The molecule has 3 aromatic rings. The van der Waals surface area contributed by atoms with Crippen molar-refractivity contribution in [2.24, 2.45) is 10.9 Å². The van der Waals surface area contributed by atoms with Gasteiger partial charge in [0.25, 0.3) is 15.9 Å². The molecule has 0 N–H and O–H groups in total. The van der Waals surface area contributed by atoms with Crippen LogP contribution >= 0.6 is 22.7 Å². The maximum absolute atomic E-state index is 13.3. The number of ether oxygens (including phenoxy) is 3. The molecule has 4 heterocycles. The second-order valence-corrected chi connectivity index (χ2v) is 12.4. The highest BCUT2D eigenvalue weighted by atomic mass is 32.2. The Labute approximate surface area is 215 Å². The zero-order valence-electron chi connectivity index (χ0n) is 19.5. The molecule has 2 aromatic heterocycles. The molecule has 10 nitrogen and oxygen atoms in total. The summed E-state index contributed by atoms with van der Waals surface area (Å²) in [4.78, 5) is 30.3. The molecule has 1 saturated heterocycles. The molecule has 1 atom stereocenters. The van der Waals surface area contributed by atoms with E-state index in [0.29, 0.717) is 54.4 Å². The van der Waals surface area contributed by atoms with E-state index in [4.69, 9.17) is 14.2 Å². The van der Waals surface area contributed by atoms with E-state index in [9.17, 15) is 18.0 Å². The number of benzene rings is 1. The Balaban J connectivity index is 1.48. The summed E-state index contributed by atoms with van der Waals surface area (Å²) in [5.74, 6) is -0.286. The van der Waals surface area contributed by atoms with Gasteiger partial charge < -0.3 is 18.8 Å². The van der Waals surface area contributed by atoms with Crippen LogP contribution in [0.1, 0.15) is 19.8 Å². The molecule has 1 aromatic carbocycles. The summed E-state index contributed by atoms with van der Waals surface area (Å²) in [5, 5.41) is 1.71. The lowest BCUT2D eigenvalue weighted by molar-refractivity contribution is -0.143. The molecule has 2 aliphatic rings. The molecule has 1 unspecified atom stereocenters. The molecule has 1 amide bonds. The number of amides is 1. The van der Waals surface area contributed by atoms with E-state index in [1.54, 1.807) is 35.1 Å². The molecule has 0 bridgehead atoms. The number of hydrogen-bond acceptors (Lipinski definition) is 9. The largest absolute Gasteiger partial charge is 0.486 e. The van der Waals surface area contributed by atoms with Gasteiger partial charge in [-0.3, -0.25) is 9.59 Å². The number of aromatic nitrogens is 1. The van der Waals surface area contributed by atoms with Gasteiger partial charge in [0.2, 0.25) is 0 Å². The average molecular weight is 552 g/mol. The van der Waals surface area contributed by atoms with Gasteiger partial charge in [0, 0.05) is 25.2 Å². The first-order chi connectivity index (χ1) is 17.4. The predicted octanol–water partition coefficient (Wildman–Crippen LogP) is 2.63. The smallest absolute Gasteiger partial charge is 0.326 e. The third kappa shape index (κ3) is 4.92. The molecule has 5 rings (SSSR count). The van der Waals surface area contributed by atoms with E-state index in [1.807, 2.05) is 6.07 Å². The SMILES string of the molecule is CCOC(=O)Cn1c(=NC(=O)C2CCCN(S(=O)(=O)c3cccs3)C2)sc2cc3c(cc21)OCCO3. The summed E-state index contributed by atoms with van der Waals surface area (Å²) in [6, 6.07) is 6.85. The maximum Gasteiger partial charge on any atom is 0.326 e. The molecule has 13 heteroatoms. The predicted molar refractivity (Wildman–Crippen MR) is 134 cm³/mol. The number of thiazole rings is 1. The zero-order chi connectivity index (χ0) is 25.3. The fraction of sp³-hybridized carbons (Fsp3) is 0.435. The highest BCUT2D eigenvalue weighted by Crippen LogP contribution is 2.35. The maximum atomic E-state index is 13.3. The lowest BCUT2D eigenvalue weighted by atomic mass is 9.99. The van der Waals surface area contributed by atoms with Crippen LogP contribution in [0.5, 0.6) is 11.5 Å². The highest BCUT2D eigenvalue weighted by Gasteiger charge is 2.34. The molecular formula is C23H25N3O7S3. The summed E-state index contributed by atoms with van der Waals surface area (Å²) in [5.41, 5.74) is 0.675. The van der Waals surface area contributed by atoms with Crippen molar-refractivity contribution in [3.8, 4) is 11.5 Å². The van der Waals surface area contributed by atoms with Crippen molar-refractivity contribution in [3.05, 3.63) is 34.4 Å². The Morgan fingerprint density at radius 3 is 2.72 bits per heavy atom. The van der Waals surface area contributed by atoms with Crippen molar-refractivity contribution in [1.82, 2.24) is 8.87 Å². The Bertz CT molecular complexity index is 1460. The Kier molecular flexibility index (Phi) is 7.15. The van der Waals surface area contributed by atoms with Crippen LogP contribution < -0.4 is 14.3 Å². The molecule has 0 aliphatic carbocycles. The van der Waals surface area contributed by atoms with E-state index in [-0.39, 0.29) is 23.9 Å². The van der Waals surface area contributed by atoms with E-state index < -0.39 is 27.8 Å². The van der Waals surface area contributed by atoms with Crippen LogP contribution in [0.3, 0.4) is 0 Å². The number of carbonyl (C=O) groups is 2. The fourth-order valence-corrected chi connectivity index (χ4v) is 7.98. The van der Waals surface area contributed by atoms with Crippen LogP contribution in [-0.4, -0.2) is 62.1 Å². The number of hydrogen-bond donors (Lipinski definition) is 0. The second kappa shape index (κ2) is 10.3. The molecule has 1 fully saturated rings. The molecular weight excluding hydrogens is 526 g/mol. The molecule has 0 spiro atoms. The summed E-state index contributed by atoms with van der Waals surface area (Å²) >= 11 is 2.41. The van der Waals surface area contributed by atoms with Crippen molar-refractivity contribution >= 4 is 54.8 Å². The van der Waals surface area contributed by atoms with Gasteiger partial charge in [-0.05, 0) is 31.2 Å². The number of fused-ring (bicyclic) bond motifs is 2. The number of esters is 1. The number of carbonyl (C=O) groups excluding carboxylic acids is 2. The van der Waals surface area contributed by atoms with Crippen molar-refractivity contribution in [1.29, 1.82) is 0 Å². The Hall–Kier alpha value is -2.74. The van der Waals surface area contributed by atoms with Crippen molar-refractivity contribution in [2.75, 3.05) is 32.9 Å². The lowest BCUT2D eigenvalue weighted by Gasteiger charge is -2.29. The number of sulfonamides is 1. The van der Waals surface area contributed by atoms with E-state index >= 15 is 0 Å². The minimum absolute atomic E-state index is 0.0707. The first-order valence-electron chi connectivity index (χ1n) is 11.6. The molecule has 36 heavy (non-hydrogen) atoms. The zero-order valence-corrected chi connectivity index (χ0v) is 22.0. The van der Waals surface area contributed by atoms with Crippen LogP contribution in [0.4, 0.5) is 0 Å². The van der Waals surface area contributed by atoms with Crippen LogP contribution in [-0.2, 0) is 30.9 Å². The minimum atomic E-state index is -3.65. The van der Waals surface area contributed by atoms with Gasteiger partial charge in [-0.2, -0.15) is 9.30 Å². The topological polar surface area (TPSA) is 116 Å². The number of piperidine rings is 1. The second-order valence-electron chi connectivity index (χ2n) is 8.32. The lowest BCUT2D eigenvalue weighted by Crippen LogP contribution is -2.42. The van der Waals surface area contributed by atoms with Crippen LogP contribution in [0.2, 0.25) is 0 Å². The first kappa shape index (κ1) is 24.9. The van der Waals surface area contributed by atoms with E-state index in [2.05, 4.69) is 4.99 Å². The quantitative estimate of drug-likeness (QED) is 0.433. The third-order valence-electron chi connectivity index (χ3n) is 5.97. The van der Waals surface area contributed by atoms with Gasteiger partial charge in [0.15, 0.2) is 16.3 Å². The van der Waals surface area contributed by atoms with E-state index in [1.165, 1.54) is 15.6 Å². The normalized spacial score (nSPS) is 18.9. The molecule has 0 radical (unpaired) electrons. The summed E-state index contributed by atoms with van der Waals surface area (Å²) in [6.07, 6.45) is 1.10. The Morgan fingerprint density at radius 2 is 2.00 bits per heavy atom. The van der Waals surface area contributed by atoms with Crippen molar-refractivity contribution in [2.45, 2.75) is 30.5 Å². The van der Waals surface area contributed by atoms with Crippen LogP contribution in [0.15, 0.2) is 38.8 Å². The third-order valence-corrected chi connectivity index (χ3v) is 10.2. The Morgan fingerprint density at radius 1 is 1.22 bits per heavy atom. The highest BCUT2D eigenvalue weighted by molar-refractivity contribution is 7.91. The van der Waals surface area contributed by atoms with E-state index in [0.717, 1.165) is 16.0 Å². The number of rotatable bonds is 6. The summed E-state index contributed by atoms with van der Waals surface area (Å²) in [6.45, 7) is 3.13. The monoisotopic (exact) mass is 551 g/mol. The van der Waals surface area contributed by atoms with Gasteiger partial charge in [0.1, 0.15) is 24.0 Å². The number of thiophene rings is 1. The van der Waals surface area contributed by atoms with Gasteiger partial charge in [-0.25, -0.2) is 8.42 Å². The van der Waals surface area contributed by atoms with Crippen molar-refractivity contribution < 1.29 is 32.2 Å². The van der Waals surface area contributed by atoms with Crippen LogP contribution in [0, 0.1) is 5.92 Å². The first-order valence-corrected chi connectivity index (χ1v) is 14.7. The van der Waals surface area contributed by atoms with Gasteiger partial charge in [-0.1, -0.05) is 17.4 Å². The minimum Gasteiger partial charge on any atom is -0.486 e. The molecule has 2 aliphatic heterocycles. The number of nitrogens with zero attached hydrogens (tertiary/aromatic N) is 3. The average Bonchev–Trinajstić information content (AvgIpc) is 3.52.